The maximum atomic E-state index is 8.96. The Morgan fingerprint density at radius 1 is 1.07 bits per heavy atom. The summed E-state index contributed by atoms with van der Waals surface area (Å²) in [6.07, 6.45) is 3.87. The van der Waals surface area contributed by atoms with E-state index in [0.29, 0.717) is 0 Å². The molecule has 14 heavy (non-hydrogen) atoms. The van der Waals surface area contributed by atoms with Crippen molar-refractivity contribution in [3.05, 3.63) is 17.9 Å². The molecule has 0 radical (unpaired) electrons. The average Bonchev–Trinajstić information content (AvgIpc) is 1.93. The standard InChI is InChI=1S/C13H21N/c1-12(2,3)9-7-8-11(10-14)13(4,5)6/h8-9,11H,1-6H3. The summed E-state index contributed by atoms with van der Waals surface area (Å²) in [4.78, 5) is 0. The first-order valence-electron chi connectivity index (χ1n) is 5.00. The van der Waals surface area contributed by atoms with E-state index in [0.717, 1.165) is 0 Å². The van der Waals surface area contributed by atoms with Gasteiger partial charge in [-0.25, -0.2) is 0 Å². The maximum absolute atomic E-state index is 8.96. The minimum Gasteiger partial charge on any atom is -0.198 e. The van der Waals surface area contributed by atoms with Gasteiger partial charge in [-0.2, -0.15) is 5.26 Å². The molecule has 0 saturated carbocycles. The van der Waals surface area contributed by atoms with E-state index < -0.39 is 0 Å². The molecule has 78 valence electrons. The first-order chi connectivity index (χ1) is 6.17. The predicted octanol–water partition coefficient (Wildman–Crippen LogP) is 3.93. The smallest absolute Gasteiger partial charge is 0.0765 e. The fourth-order valence-electron chi connectivity index (χ4n) is 0.875. The topological polar surface area (TPSA) is 23.8 Å². The Morgan fingerprint density at radius 3 is 1.86 bits per heavy atom. The molecule has 1 unspecified atom stereocenters. The van der Waals surface area contributed by atoms with Crippen molar-refractivity contribution < 1.29 is 0 Å². The zero-order valence-corrected chi connectivity index (χ0v) is 10.2. The molecule has 0 spiro atoms. The number of nitrogens with zero attached hydrogens (tertiary/aromatic N) is 1. The molecule has 0 aliphatic heterocycles. The van der Waals surface area contributed by atoms with Crippen LogP contribution in [0.5, 0.6) is 0 Å². The van der Waals surface area contributed by atoms with E-state index in [1.54, 1.807) is 0 Å². The lowest BCUT2D eigenvalue weighted by molar-refractivity contribution is 0.350. The van der Waals surface area contributed by atoms with Gasteiger partial charge >= 0.3 is 0 Å². The molecule has 0 bridgehead atoms. The highest BCUT2D eigenvalue weighted by Gasteiger charge is 2.21. The fraction of sp³-hybridized carbons (Fsp3) is 0.692. The summed E-state index contributed by atoms with van der Waals surface area (Å²) < 4.78 is 0. The van der Waals surface area contributed by atoms with Crippen LogP contribution in [0.15, 0.2) is 17.9 Å². The van der Waals surface area contributed by atoms with E-state index >= 15 is 0 Å². The van der Waals surface area contributed by atoms with Gasteiger partial charge in [0.1, 0.15) is 0 Å². The normalized spacial score (nSPS) is 13.8. The Labute approximate surface area is 88.1 Å². The molecular weight excluding hydrogens is 170 g/mol. The number of nitriles is 1. The van der Waals surface area contributed by atoms with Crippen LogP contribution in [0.4, 0.5) is 0 Å². The molecule has 0 N–H and O–H groups in total. The molecule has 0 aliphatic rings. The van der Waals surface area contributed by atoms with Gasteiger partial charge in [0.15, 0.2) is 0 Å². The number of rotatable bonds is 1. The Hall–Kier alpha value is -0.990. The van der Waals surface area contributed by atoms with Gasteiger partial charge in [0, 0.05) is 0 Å². The molecule has 0 amide bonds. The zero-order chi connectivity index (χ0) is 11.4. The monoisotopic (exact) mass is 191 g/mol. The van der Waals surface area contributed by atoms with Gasteiger partial charge in [-0.15, -0.1) is 5.73 Å². The van der Waals surface area contributed by atoms with Crippen molar-refractivity contribution in [3.63, 3.8) is 0 Å². The van der Waals surface area contributed by atoms with Crippen molar-refractivity contribution in [3.8, 4) is 6.07 Å². The van der Waals surface area contributed by atoms with Crippen LogP contribution in [0.1, 0.15) is 41.5 Å². The van der Waals surface area contributed by atoms with Crippen molar-refractivity contribution in [2.45, 2.75) is 41.5 Å². The van der Waals surface area contributed by atoms with E-state index in [-0.39, 0.29) is 16.7 Å². The molecule has 1 atom stereocenters. The summed E-state index contributed by atoms with van der Waals surface area (Å²) >= 11 is 0. The van der Waals surface area contributed by atoms with E-state index in [4.69, 9.17) is 5.26 Å². The Bertz CT molecular complexity index is 272. The van der Waals surface area contributed by atoms with Gasteiger partial charge in [0.25, 0.3) is 0 Å². The van der Waals surface area contributed by atoms with Gasteiger partial charge in [0.05, 0.1) is 12.0 Å². The van der Waals surface area contributed by atoms with Gasteiger partial charge < -0.3 is 0 Å². The second kappa shape index (κ2) is 4.49. The van der Waals surface area contributed by atoms with Crippen molar-refractivity contribution in [2.24, 2.45) is 16.7 Å². The largest absolute Gasteiger partial charge is 0.198 e. The molecule has 1 nitrogen and oxygen atoms in total. The minimum absolute atomic E-state index is 0.00647. The van der Waals surface area contributed by atoms with Crippen LogP contribution < -0.4 is 0 Å². The Balaban J connectivity index is 4.67. The van der Waals surface area contributed by atoms with Crippen molar-refractivity contribution >= 4 is 0 Å². The van der Waals surface area contributed by atoms with Crippen LogP contribution in [0, 0.1) is 28.1 Å². The number of hydrogen-bond donors (Lipinski definition) is 0. The third kappa shape index (κ3) is 5.62. The number of hydrogen-bond acceptors (Lipinski definition) is 1. The second-order valence-corrected chi connectivity index (χ2v) is 5.82. The summed E-state index contributed by atoms with van der Waals surface area (Å²) in [7, 11) is 0. The third-order valence-corrected chi connectivity index (χ3v) is 1.85. The lowest BCUT2D eigenvalue weighted by Crippen LogP contribution is -2.16. The van der Waals surface area contributed by atoms with Crippen molar-refractivity contribution in [1.82, 2.24) is 0 Å². The molecule has 0 saturated heterocycles. The lowest BCUT2D eigenvalue weighted by Gasteiger charge is -2.20. The molecule has 0 aromatic carbocycles. The fourth-order valence-corrected chi connectivity index (χ4v) is 0.875. The molecule has 0 aliphatic carbocycles. The van der Waals surface area contributed by atoms with E-state index in [9.17, 15) is 0 Å². The first kappa shape index (κ1) is 13.0. The summed E-state index contributed by atoms with van der Waals surface area (Å²) in [6, 6.07) is 2.29. The summed E-state index contributed by atoms with van der Waals surface area (Å²) in [5.41, 5.74) is 3.24. The summed E-state index contributed by atoms with van der Waals surface area (Å²) in [5, 5.41) is 8.96. The number of allylic oxidation sites excluding steroid dienone is 1. The van der Waals surface area contributed by atoms with Gasteiger partial charge in [-0.05, 0) is 23.0 Å². The first-order valence-corrected chi connectivity index (χ1v) is 5.00. The molecule has 0 heterocycles. The van der Waals surface area contributed by atoms with E-state index in [1.165, 1.54) is 0 Å². The predicted molar refractivity (Wildman–Crippen MR) is 60.7 cm³/mol. The minimum atomic E-state index is -0.0684. The van der Waals surface area contributed by atoms with Gasteiger partial charge in [0.2, 0.25) is 0 Å². The summed E-state index contributed by atoms with van der Waals surface area (Å²) in [5.74, 6) is -0.0684. The highest BCUT2D eigenvalue weighted by atomic mass is 14.3. The van der Waals surface area contributed by atoms with Crippen LogP contribution in [-0.2, 0) is 0 Å². The van der Waals surface area contributed by atoms with Gasteiger partial charge in [-0.3, -0.25) is 0 Å². The molecule has 0 fully saturated rings. The quantitative estimate of drug-likeness (QED) is 0.576. The van der Waals surface area contributed by atoms with E-state index in [1.807, 2.05) is 12.2 Å². The maximum Gasteiger partial charge on any atom is 0.0765 e. The lowest BCUT2D eigenvalue weighted by atomic mass is 9.81. The molecule has 1 heteroatoms. The average molecular weight is 191 g/mol. The SMILES string of the molecule is CC(C)(C)C=C=CC(C#N)C(C)(C)C. The van der Waals surface area contributed by atoms with Crippen LogP contribution in [0.25, 0.3) is 0 Å². The summed E-state index contributed by atoms with van der Waals surface area (Å²) in [6.45, 7) is 12.5. The van der Waals surface area contributed by atoms with Crippen molar-refractivity contribution in [2.75, 3.05) is 0 Å². The van der Waals surface area contributed by atoms with Crippen LogP contribution in [-0.4, -0.2) is 0 Å². The highest BCUT2D eigenvalue weighted by Crippen LogP contribution is 2.26. The Morgan fingerprint density at radius 2 is 1.57 bits per heavy atom. The third-order valence-electron chi connectivity index (χ3n) is 1.85. The molecule has 0 aromatic rings. The highest BCUT2D eigenvalue weighted by molar-refractivity contribution is 5.06. The molecule has 0 rings (SSSR count). The zero-order valence-electron chi connectivity index (χ0n) is 10.2. The van der Waals surface area contributed by atoms with E-state index in [2.05, 4.69) is 53.3 Å². The van der Waals surface area contributed by atoms with Crippen LogP contribution >= 0.6 is 0 Å². The molecular formula is C13H21N. The second-order valence-electron chi connectivity index (χ2n) is 5.82. The van der Waals surface area contributed by atoms with Gasteiger partial charge in [-0.1, -0.05) is 41.5 Å². The molecule has 0 aromatic heterocycles. The van der Waals surface area contributed by atoms with Crippen LogP contribution in [0.3, 0.4) is 0 Å². The Kier molecular flexibility index (Phi) is 4.17. The van der Waals surface area contributed by atoms with Crippen LogP contribution in [0.2, 0.25) is 0 Å². The van der Waals surface area contributed by atoms with Crippen molar-refractivity contribution in [1.29, 1.82) is 5.26 Å².